The van der Waals surface area contributed by atoms with E-state index in [1.165, 1.54) is 24.5 Å². The number of nitro groups is 1. The highest BCUT2D eigenvalue weighted by atomic mass is 32.2. The molecule has 8 nitrogen and oxygen atoms in total. The van der Waals surface area contributed by atoms with Crippen molar-refractivity contribution in [1.82, 2.24) is 9.97 Å². The monoisotopic (exact) mass is 271 g/mol. The minimum absolute atomic E-state index is 0.0741. The molecular formula is C9H9N3O5S. The van der Waals surface area contributed by atoms with Crippen LogP contribution < -0.4 is 0 Å². The molecule has 1 heterocycles. The van der Waals surface area contributed by atoms with Gasteiger partial charge >= 0.3 is 5.95 Å². The van der Waals surface area contributed by atoms with Gasteiger partial charge in [0.1, 0.15) is 6.20 Å². The van der Waals surface area contributed by atoms with Crippen LogP contribution in [0.15, 0.2) is 47.6 Å². The normalized spacial score (nSPS) is 10.3. The molecule has 0 atom stereocenters. The summed E-state index contributed by atoms with van der Waals surface area (Å²) in [7, 11) is -4.00. The molecule has 0 saturated carbocycles. The van der Waals surface area contributed by atoms with E-state index in [0.717, 1.165) is 0 Å². The van der Waals surface area contributed by atoms with Crippen molar-refractivity contribution in [2.24, 2.45) is 0 Å². The zero-order chi connectivity index (χ0) is 13.6. The second-order valence-corrected chi connectivity index (χ2v) is 4.38. The molecule has 0 aliphatic carbocycles. The molecule has 2 aromatic rings. The van der Waals surface area contributed by atoms with Gasteiger partial charge in [-0.15, -0.1) is 0 Å². The van der Waals surface area contributed by atoms with Crippen LogP contribution in [-0.4, -0.2) is 27.9 Å². The average Bonchev–Trinajstić information content (AvgIpc) is 2.83. The number of benzene rings is 1. The molecule has 0 aliphatic rings. The van der Waals surface area contributed by atoms with E-state index in [0.29, 0.717) is 0 Å². The molecule has 0 amide bonds. The SMILES string of the molecule is O=S(=O)(O)c1ccccc1.O=[N+]([O-])c1ncc[nH]1. The summed E-state index contributed by atoms with van der Waals surface area (Å²) in [5.74, 6) is -0.218. The van der Waals surface area contributed by atoms with Crippen molar-refractivity contribution < 1.29 is 17.9 Å². The lowest BCUT2D eigenvalue weighted by atomic mass is 10.4. The van der Waals surface area contributed by atoms with Crippen molar-refractivity contribution in [2.45, 2.75) is 4.90 Å². The van der Waals surface area contributed by atoms with Gasteiger partial charge in [0, 0.05) is 0 Å². The largest absolute Gasteiger partial charge is 0.432 e. The number of rotatable bonds is 2. The van der Waals surface area contributed by atoms with Gasteiger partial charge in [-0.25, -0.2) is 4.98 Å². The van der Waals surface area contributed by atoms with Gasteiger partial charge in [0.2, 0.25) is 0 Å². The smallest absolute Gasteiger partial charge is 0.390 e. The minimum atomic E-state index is -4.00. The Labute approximate surface area is 102 Å². The highest BCUT2D eigenvalue weighted by molar-refractivity contribution is 7.85. The van der Waals surface area contributed by atoms with Crippen LogP contribution >= 0.6 is 0 Å². The summed E-state index contributed by atoms with van der Waals surface area (Å²) < 4.78 is 29.2. The maximum atomic E-state index is 10.4. The molecule has 0 spiro atoms. The van der Waals surface area contributed by atoms with Crippen LogP contribution in [0.4, 0.5) is 5.95 Å². The third-order valence-corrected chi connectivity index (χ3v) is 2.57. The summed E-state index contributed by atoms with van der Waals surface area (Å²) in [6.45, 7) is 0. The lowest BCUT2D eigenvalue weighted by Gasteiger charge is -1.92. The predicted octanol–water partition coefficient (Wildman–Crippen LogP) is 1.25. The number of nitrogens with one attached hydrogen (secondary N) is 1. The molecule has 0 unspecified atom stereocenters. The molecule has 1 aromatic carbocycles. The Hall–Kier alpha value is -2.26. The zero-order valence-electron chi connectivity index (χ0n) is 8.92. The van der Waals surface area contributed by atoms with E-state index in [2.05, 4.69) is 9.97 Å². The molecule has 2 rings (SSSR count). The molecule has 0 aliphatic heterocycles. The van der Waals surface area contributed by atoms with Crippen LogP contribution in [0.1, 0.15) is 0 Å². The van der Waals surface area contributed by atoms with E-state index < -0.39 is 15.0 Å². The Morgan fingerprint density at radius 1 is 1.28 bits per heavy atom. The summed E-state index contributed by atoms with van der Waals surface area (Å²) in [5, 5.41) is 9.77. The van der Waals surface area contributed by atoms with E-state index in [4.69, 9.17) is 4.55 Å². The van der Waals surface area contributed by atoms with E-state index in [-0.39, 0.29) is 10.8 Å². The van der Waals surface area contributed by atoms with Crippen molar-refractivity contribution in [3.8, 4) is 0 Å². The van der Waals surface area contributed by atoms with Crippen LogP contribution in [0, 0.1) is 10.1 Å². The van der Waals surface area contributed by atoms with Crippen molar-refractivity contribution in [1.29, 1.82) is 0 Å². The van der Waals surface area contributed by atoms with Gasteiger partial charge in [-0.1, -0.05) is 23.2 Å². The van der Waals surface area contributed by atoms with Gasteiger partial charge in [0.05, 0.1) is 11.1 Å². The fourth-order valence-electron chi connectivity index (χ4n) is 0.949. The maximum Gasteiger partial charge on any atom is 0.432 e. The van der Waals surface area contributed by atoms with Crippen LogP contribution in [0.2, 0.25) is 0 Å². The van der Waals surface area contributed by atoms with E-state index in [1.807, 2.05) is 0 Å². The molecule has 0 saturated heterocycles. The summed E-state index contributed by atoms with van der Waals surface area (Å²) >= 11 is 0. The number of aromatic nitrogens is 2. The molecule has 1 aromatic heterocycles. The highest BCUT2D eigenvalue weighted by Crippen LogP contribution is 2.05. The molecule has 0 radical (unpaired) electrons. The van der Waals surface area contributed by atoms with Crippen LogP contribution in [0.25, 0.3) is 0 Å². The Balaban J connectivity index is 0.000000184. The third-order valence-electron chi connectivity index (χ3n) is 1.70. The molecule has 2 N–H and O–H groups in total. The summed E-state index contributed by atoms with van der Waals surface area (Å²) in [6, 6.07) is 7.42. The lowest BCUT2D eigenvalue weighted by Crippen LogP contribution is -1.96. The van der Waals surface area contributed by atoms with Gasteiger partial charge in [0.25, 0.3) is 10.1 Å². The number of imidazole rings is 1. The molecule has 9 heteroatoms. The van der Waals surface area contributed by atoms with Gasteiger partial charge < -0.3 is 10.1 Å². The van der Waals surface area contributed by atoms with Crippen LogP contribution in [-0.2, 0) is 10.1 Å². The molecular weight excluding hydrogens is 262 g/mol. The second-order valence-electron chi connectivity index (χ2n) is 2.96. The van der Waals surface area contributed by atoms with Crippen molar-refractivity contribution >= 4 is 16.1 Å². The Bertz CT molecular complexity index is 594. The first kappa shape index (κ1) is 13.8. The van der Waals surface area contributed by atoms with E-state index in [9.17, 15) is 18.5 Å². The van der Waals surface area contributed by atoms with Crippen LogP contribution in [0.3, 0.4) is 0 Å². The first-order valence-corrected chi connectivity index (χ1v) is 6.01. The summed E-state index contributed by atoms with van der Waals surface area (Å²) in [5.41, 5.74) is 0. The Morgan fingerprint density at radius 2 is 1.89 bits per heavy atom. The van der Waals surface area contributed by atoms with E-state index in [1.54, 1.807) is 18.2 Å². The molecule has 0 fully saturated rings. The van der Waals surface area contributed by atoms with Crippen LogP contribution in [0.5, 0.6) is 0 Å². The fourth-order valence-corrected chi connectivity index (χ4v) is 1.45. The van der Waals surface area contributed by atoms with Crippen molar-refractivity contribution in [3.63, 3.8) is 0 Å². The summed E-state index contributed by atoms with van der Waals surface area (Å²) in [6.07, 6.45) is 2.73. The molecule has 96 valence electrons. The number of H-pyrrole nitrogens is 1. The highest BCUT2D eigenvalue weighted by Gasteiger charge is 2.05. The van der Waals surface area contributed by atoms with Gasteiger partial charge in [-0.3, -0.25) is 4.55 Å². The molecule has 0 bridgehead atoms. The van der Waals surface area contributed by atoms with Gasteiger partial charge in [-0.05, 0) is 17.1 Å². The number of hydrogen-bond donors (Lipinski definition) is 2. The molecule has 18 heavy (non-hydrogen) atoms. The van der Waals surface area contributed by atoms with Crippen molar-refractivity contribution in [2.75, 3.05) is 0 Å². The lowest BCUT2D eigenvalue weighted by molar-refractivity contribution is -0.393. The first-order valence-electron chi connectivity index (χ1n) is 4.57. The number of nitrogens with zero attached hydrogens (tertiary/aromatic N) is 2. The Morgan fingerprint density at radius 3 is 2.17 bits per heavy atom. The van der Waals surface area contributed by atoms with E-state index >= 15 is 0 Å². The standard InChI is InChI=1S/C6H6O3S.C3H3N3O2/c7-10(8,9)6-4-2-1-3-5-6;7-6(8)3-4-1-2-5-3/h1-5H,(H,7,8,9);1-2H,(H,4,5). The minimum Gasteiger partial charge on any atom is -0.390 e. The predicted molar refractivity (Wildman–Crippen MR) is 61.5 cm³/mol. The topological polar surface area (TPSA) is 126 Å². The maximum absolute atomic E-state index is 10.4. The fraction of sp³-hybridized carbons (Fsp3) is 0. The quantitative estimate of drug-likeness (QED) is 0.481. The van der Waals surface area contributed by atoms with Crippen molar-refractivity contribution in [3.05, 3.63) is 52.8 Å². The second kappa shape index (κ2) is 5.89. The Kier molecular flexibility index (Phi) is 4.52. The van der Waals surface area contributed by atoms with Gasteiger partial charge in [-0.2, -0.15) is 8.42 Å². The first-order chi connectivity index (χ1) is 8.41. The number of aromatic amines is 1. The van der Waals surface area contributed by atoms with Gasteiger partial charge in [0.15, 0.2) is 0 Å². The third kappa shape index (κ3) is 4.31. The average molecular weight is 271 g/mol. The number of hydrogen-bond acceptors (Lipinski definition) is 5. The zero-order valence-corrected chi connectivity index (χ0v) is 9.74. The summed E-state index contributed by atoms with van der Waals surface area (Å²) in [4.78, 5) is 14.8.